The first-order chi connectivity index (χ1) is 12.3. The summed E-state index contributed by atoms with van der Waals surface area (Å²) in [6.45, 7) is 12.3. The fourth-order valence-electron chi connectivity index (χ4n) is 4.03. The highest BCUT2D eigenvalue weighted by Crippen LogP contribution is 2.41. The number of hydrogen-bond acceptors (Lipinski definition) is 5. The molecule has 6 heteroatoms. The molecule has 2 N–H and O–H groups in total. The Labute approximate surface area is 156 Å². The fourth-order valence-corrected chi connectivity index (χ4v) is 4.03. The van der Waals surface area contributed by atoms with Crippen molar-refractivity contribution in [2.75, 3.05) is 37.6 Å². The van der Waals surface area contributed by atoms with Crippen molar-refractivity contribution in [2.24, 2.45) is 0 Å². The van der Waals surface area contributed by atoms with Crippen LogP contribution in [0.2, 0.25) is 0 Å². The molecule has 2 atom stereocenters. The molecule has 2 aliphatic heterocycles. The molecule has 0 aromatic carbocycles. The van der Waals surface area contributed by atoms with Gasteiger partial charge in [0.1, 0.15) is 0 Å². The minimum absolute atomic E-state index is 0.122. The number of piperazine rings is 1. The van der Waals surface area contributed by atoms with Crippen LogP contribution in [0.3, 0.4) is 0 Å². The average Bonchev–Trinajstić information content (AvgIpc) is 2.86. The standard InChI is InChI=1S/C20H32N4O2/c1-5-6-18(25)16-9-17-15(10-22-16)20(3,4)13-24(17)19(26)12-23-8-7-21-14(2)11-23/h9-10,14,18,21,25H,5-8,11-13H2,1-4H3. The van der Waals surface area contributed by atoms with Crippen molar-refractivity contribution in [2.45, 2.75) is 58.1 Å². The van der Waals surface area contributed by atoms with Gasteiger partial charge >= 0.3 is 0 Å². The van der Waals surface area contributed by atoms with E-state index < -0.39 is 6.10 Å². The second-order valence-electron chi connectivity index (χ2n) is 8.38. The van der Waals surface area contributed by atoms with Crippen LogP contribution in [0.4, 0.5) is 5.69 Å². The molecule has 3 rings (SSSR count). The Kier molecular flexibility index (Phi) is 5.65. The van der Waals surface area contributed by atoms with Crippen LogP contribution in [0.15, 0.2) is 12.3 Å². The number of carbonyl (C=O) groups excluding carboxylic acids is 1. The Morgan fingerprint density at radius 1 is 1.50 bits per heavy atom. The molecular weight excluding hydrogens is 328 g/mol. The van der Waals surface area contributed by atoms with Gasteiger partial charge in [-0.2, -0.15) is 0 Å². The summed E-state index contributed by atoms with van der Waals surface area (Å²) in [4.78, 5) is 21.7. The van der Waals surface area contributed by atoms with Crippen LogP contribution in [0.1, 0.15) is 57.9 Å². The Bertz CT molecular complexity index is 661. The zero-order valence-corrected chi connectivity index (χ0v) is 16.5. The highest BCUT2D eigenvalue weighted by Gasteiger charge is 2.39. The first kappa shape index (κ1) is 19.3. The van der Waals surface area contributed by atoms with E-state index >= 15 is 0 Å². The maximum atomic E-state index is 13.1. The number of nitrogens with zero attached hydrogens (tertiary/aromatic N) is 3. The zero-order valence-electron chi connectivity index (χ0n) is 16.5. The third kappa shape index (κ3) is 3.92. The molecule has 0 bridgehead atoms. The van der Waals surface area contributed by atoms with Gasteiger partial charge in [0.15, 0.2) is 0 Å². The molecule has 0 aliphatic carbocycles. The minimum Gasteiger partial charge on any atom is -0.387 e. The average molecular weight is 361 g/mol. The predicted octanol–water partition coefficient (Wildman–Crippen LogP) is 1.83. The van der Waals surface area contributed by atoms with Gasteiger partial charge in [-0.05, 0) is 19.4 Å². The Hall–Kier alpha value is -1.50. The smallest absolute Gasteiger partial charge is 0.241 e. The molecule has 2 unspecified atom stereocenters. The number of fused-ring (bicyclic) bond motifs is 1. The number of rotatable bonds is 5. The van der Waals surface area contributed by atoms with E-state index in [-0.39, 0.29) is 11.3 Å². The van der Waals surface area contributed by atoms with E-state index in [2.05, 4.69) is 36.0 Å². The molecule has 1 saturated heterocycles. The van der Waals surface area contributed by atoms with E-state index in [1.807, 2.05) is 24.1 Å². The summed E-state index contributed by atoms with van der Waals surface area (Å²) in [7, 11) is 0. The van der Waals surface area contributed by atoms with Crippen molar-refractivity contribution in [1.29, 1.82) is 0 Å². The molecule has 1 aromatic rings. The van der Waals surface area contributed by atoms with Gasteiger partial charge in [-0.15, -0.1) is 0 Å². The third-order valence-electron chi connectivity index (χ3n) is 5.49. The van der Waals surface area contributed by atoms with Crippen LogP contribution in [-0.4, -0.2) is 59.7 Å². The highest BCUT2D eigenvalue weighted by molar-refractivity contribution is 5.97. The van der Waals surface area contributed by atoms with Crippen molar-refractivity contribution < 1.29 is 9.90 Å². The molecular formula is C20H32N4O2. The minimum atomic E-state index is -0.569. The quantitative estimate of drug-likeness (QED) is 0.838. The van der Waals surface area contributed by atoms with Gasteiger partial charge < -0.3 is 15.3 Å². The SMILES string of the molecule is CCCC(O)c1cc2c(cn1)C(C)(C)CN2C(=O)CN1CCNC(C)C1. The Morgan fingerprint density at radius 2 is 2.27 bits per heavy atom. The monoisotopic (exact) mass is 360 g/mol. The summed E-state index contributed by atoms with van der Waals surface area (Å²) in [5.41, 5.74) is 2.55. The lowest BCUT2D eigenvalue weighted by Crippen LogP contribution is -2.52. The Balaban J connectivity index is 1.81. The molecule has 0 saturated carbocycles. The molecule has 144 valence electrons. The lowest BCUT2D eigenvalue weighted by molar-refractivity contribution is -0.120. The molecule has 26 heavy (non-hydrogen) atoms. The number of pyridine rings is 1. The van der Waals surface area contributed by atoms with Crippen LogP contribution in [0, 0.1) is 0 Å². The first-order valence-corrected chi connectivity index (χ1v) is 9.76. The maximum Gasteiger partial charge on any atom is 0.241 e. The molecule has 2 aliphatic rings. The Morgan fingerprint density at radius 3 is 2.96 bits per heavy atom. The van der Waals surface area contributed by atoms with Crippen LogP contribution in [0.25, 0.3) is 0 Å². The number of nitrogens with one attached hydrogen (secondary N) is 1. The number of aliphatic hydroxyl groups is 1. The number of aliphatic hydroxyl groups excluding tert-OH is 1. The van der Waals surface area contributed by atoms with Crippen molar-refractivity contribution >= 4 is 11.6 Å². The number of amides is 1. The summed E-state index contributed by atoms with van der Waals surface area (Å²) >= 11 is 0. The van der Waals surface area contributed by atoms with E-state index in [9.17, 15) is 9.90 Å². The summed E-state index contributed by atoms with van der Waals surface area (Å²) in [5.74, 6) is 0.132. The lowest BCUT2D eigenvalue weighted by atomic mass is 9.88. The summed E-state index contributed by atoms with van der Waals surface area (Å²) in [5, 5.41) is 13.7. The molecule has 1 fully saturated rings. The van der Waals surface area contributed by atoms with Gasteiger partial charge in [-0.3, -0.25) is 14.7 Å². The molecule has 0 radical (unpaired) electrons. The van der Waals surface area contributed by atoms with E-state index in [0.717, 1.165) is 37.3 Å². The van der Waals surface area contributed by atoms with Gasteiger partial charge in [0, 0.05) is 49.4 Å². The summed E-state index contributed by atoms with van der Waals surface area (Å²) < 4.78 is 0. The third-order valence-corrected chi connectivity index (χ3v) is 5.49. The summed E-state index contributed by atoms with van der Waals surface area (Å²) in [6.07, 6.45) is 2.86. The van der Waals surface area contributed by atoms with E-state index in [0.29, 0.717) is 31.2 Å². The number of anilines is 1. The zero-order chi connectivity index (χ0) is 18.9. The van der Waals surface area contributed by atoms with E-state index in [1.165, 1.54) is 0 Å². The number of carbonyl (C=O) groups is 1. The van der Waals surface area contributed by atoms with Crippen LogP contribution in [0.5, 0.6) is 0 Å². The largest absolute Gasteiger partial charge is 0.387 e. The van der Waals surface area contributed by atoms with Gasteiger partial charge in [0.25, 0.3) is 0 Å². The van der Waals surface area contributed by atoms with Crippen molar-refractivity contribution in [3.05, 3.63) is 23.5 Å². The first-order valence-electron chi connectivity index (χ1n) is 9.76. The molecule has 6 nitrogen and oxygen atoms in total. The molecule has 3 heterocycles. The highest BCUT2D eigenvalue weighted by atomic mass is 16.3. The van der Waals surface area contributed by atoms with E-state index in [4.69, 9.17) is 0 Å². The fraction of sp³-hybridized carbons (Fsp3) is 0.700. The van der Waals surface area contributed by atoms with Gasteiger partial charge in [-0.25, -0.2) is 0 Å². The predicted molar refractivity (Wildman–Crippen MR) is 103 cm³/mol. The van der Waals surface area contributed by atoms with Crippen molar-refractivity contribution in [3.63, 3.8) is 0 Å². The van der Waals surface area contributed by atoms with Crippen LogP contribution >= 0.6 is 0 Å². The van der Waals surface area contributed by atoms with Crippen molar-refractivity contribution in [1.82, 2.24) is 15.2 Å². The second kappa shape index (κ2) is 7.62. The topological polar surface area (TPSA) is 68.7 Å². The van der Waals surface area contributed by atoms with Crippen LogP contribution in [-0.2, 0) is 10.2 Å². The second-order valence-corrected chi connectivity index (χ2v) is 8.38. The maximum absolute atomic E-state index is 13.1. The van der Waals surface area contributed by atoms with Crippen molar-refractivity contribution in [3.8, 4) is 0 Å². The van der Waals surface area contributed by atoms with E-state index in [1.54, 1.807) is 0 Å². The normalized spacial score (nSPS) is 23.7. The van der Waals surface area contributed by atoms with Gasteiger partial charge in [0.05, 0.1) is 24.0 Å². The molecule has 1 amide bonds. The van der Waals surface area contributed by atoms with Crippen LogP contribution < -0.4 is 10.2 Å². The number of hydrogen-bond donors (Lipinski definition) is 2. The van der Waals surface area contributed by atoms with Gasteiger partial charge in [0.2, 0.25) is 5.91 Å². The number of aromatic nitrogens is 1. The molecule has 1 aromatic heterocycles. The lowest BCUT2D eigenvalue weighted by Gasteiger charge is -2.32. The summed E-state index contributed by atoms with van der Waals surface area (Å²) in [6, 6.07) is 2.33. The molecule has 0 spiro atoms. The van der Waals surface area contributed by atoms with Gasteiger partial charge in [-0.1, -0.05) is 27.2 Å².